The van der Waals surface area contributed by atoms with Gasteiger partial charge in [0.25, 0.3) is 5.24 Å². The zero-order valence-corrected chi connectivity index (χ0v) is 11.3. The maximum atomic E-state index is 11.7. The van der Waals surface area contributed by atoms with Crippen LogP contribution in [0.5, 0.6) is 0 Å². The number of amides is 2. The Morgan fingerprint density at radius 3 is 2.89 bits per heavy atom. The van der Waals surface area contributed by atoms with Crippen molar-refractivity contribution in [3.05, 3.63) is 29.3 Å². The van der Waals surface area contributed by atoms with E-state index in [9.17, 15) is 9.59 Å². The standard InChI is InChI=1S/C12H13ClN2O2S/c13-9-3-1-2-4-10(9)14-11(16)5-6-15-7-8-18-12(15)17/h1-4H,5-8H2,(H,14,16). The highest BCUT2D eigenvalue weighted by Gasteiger charge is 2.21. The number of nitrogens with one attached hydrogen (secondary N) is 1. The van der Waals surface area contributed by atoms with Gasteiger partial charge in [0.15, 0.2) is 0 Å². The van der Waals surface area contributed by atoms with E-state index < -0.39 is 0 Å². The zero-order chi connectivity index (χ0) is 13.0. The molecule has 0 spiro atoms. The fraction of sp³-hybridized carbons (Fsp3) is 0.333. The summed E-state index contributed by atoms with van der Waals surface area (Å²) in [5.41, 5.74) is 0.603. The minimum absolute atomic E-state index is 0.0561. The van der Waals surface area contributed by atoms with Crippen molar-refractivity contribution >= 4 is 40.2 Å². The van der Waals surface area contributed by atoms with E-state index in [4.69, 9.17) is 11.6 Å². The van der Waals surface area contributed by atoms with E-state index in [1.54, 1.807) is 23.1 Å². The van der Waals surface area contributed by atoms with Gasteiger partial charge in [-0.1, -0.05) is 35.5 Å². The molecule has 18 heavy (non-hydrogen) atoms. The molecule has 1 aliphatic heterocycles. The van der Waals surface area contributed by atoms with Crippen LogP contribution in [0.1, 0.15) is 6.42 Å². The van der Waals surface area contributed by atoms with Gasteiger partial charge in [0.2, 0.25) is 5.91 Å². The fourth-order valence-electron chi connectivity index (χ4n) is 1.64. The van der Waals surface area contributed by atoms with Gasteiger partial charge in [0.05, 0.1) is 10.7 Å². The third-order valence-electron chi connectivity index (χ3n) is 2.60. The number of carbonyl (C=O) groups excluding carboxylic acids is 2. The van der Waals surface area contributed by atoms with Crippen LogP contribution in [0.4, 0.5) is 10.5 Å². The summed E-state index contributed by atoms with van der Waals surface area (Å²) < 4.78 is 0. The molecule has 1 saturated heterocycles. The molecular formula is C12H13ClN2O2S. The first-order valence-electron chi connectivity index (χ1n) is 5.63. The van der Waals surface area contributed by atoms with Crippen LogP contribution in [0.25, 0.3) is 0 Å². The van der Waals surface area contributed by atoms with Crippen LogP contribution in [0.2, 0.25) is 5.02 Å². The number of thioether (sulfide) groups is 1. The SMILES string of the molecule is O=C(CCN1CCSC1=O)Nc1ccccc1Cl. The lowest BCUT2D eigenvalue weighted by Gasteiger charge is -2.14. The second kappa shape index (κ2) is 6.11. The third kappa shape index (κ3) is 3.40. The number of carbonyl (C=O) groups is 2. The Kier molecular flexibility index (Phi) is 4.49. The summed E-state index contributed by atoms with van der Waals surface area (Å²) >= 11 is 7.23. The molecule has 0 unspecified atom stereocenters. The van der Waals surface area contributed by atoms with E-state index >= 15 is 0 Å². The van der Waals surface area contributed by atoms with Crippen molar-refractivity contribution in [1.29, 1.82) is 0 Å². The van der Waals surface area contributed by atoms with Crippen LogP contribution in [0.3, 0.4) is 0 Å². The van der Waals surface area contributed by atoms with Crippen molar-refractivity contribution in [3.8, 4) is 0 Å². The molecule has 2 amide bonds. The lowest BCUT2D eigenvalue weighted by molar-refractivity contribution is -0.116. The van der Waals surface area contributed by atoms with Crippen LogP contribution in [0, 0.1) is 0 Å². The molecule has 1 heterocycles. The Balaban J connectivity index is 1.82. The van der Waals surface area contributed by atoms with Gasteiger partial charge >= 0.3 is 0 Å². The van der Waals surface area contributed by atoms with Crippen molar-refractivity contribution in [3.63, 3.8) is 0 Å². The number of rotatable bonds is 4. The molecule has 1 aliphatic rings. The molecule has 0 aliphatic carbocycles. The summed E-state index contributed by atoms with van der Waals surface area (Å²) in [5, 5.41) is 3.30. The number of hydrogen-bond donors (Lipinski definition) is 1. The van der Waals surface area contributed by atoms with E-state index in [0.717, 1.165) is 12.3 Å². The Morgan fingerprint density at radius 1 is 1.44 bits per heavy atom. The van der Waals surface area contributed by atoms with Crippen molar-refractivity contribution in [2.75, 3.05) is 24.2 Å². The Hall–Kier alpha value is -1.20. The molecule has 1 aromatic rings. The summed E-state index contributed by atoms with van der Waals surface area (Å²) in [4.78, 5) is 24.7. The van der Waals surface area contributed by atoms with Gasteiger partial charge in [0, 0.05) is 25.3 Å². The molecule has 0 bridgehead atoms. The number of benzene rings is 1. The monoisotopic (exact) mass is 284 g/mol. The van der Waals surface area contributed by atoms with Crippen LogP contribution < -0.4 is 5.32 Å². The third-order valence-corrected chi connectivity index (χ3v) is 3.82. The summed E-state index contributed by atoms with van der Waals surface area (Å²) in [6.07, 6.45) is 0.289. The Bertz CT molecular complexity index is 467. The summed E-state index contributed by atoms with van der Waals surface area (Å²) in [7, 11) is 0. The molecule has 1 aromatic carbocycles. The Labute approximate surface area is 115 Å². The molecule has 1 fully saturated rings. The average molecular weight is 285 g/mol. The quantitative estimate of drug-likeness (QED) is 0.925. The van der Waals surface area contributed by atoms with Crippen LogP contribution in [0.15, 0.2) is 24.3 Å². The minimum Gasteiger partial charge on any atom is -0.332 e. The number of halogens is 1. The van der Waals surface area contributed by atoms with E-state index in [2.05, 4.69) is 5.32 Å². The van der Waals surface area contributed by atoms with Crippen LogP contribution >= 0.6 is 23.4 Å². The van der Waals surface area contributed by atoms with Gasteiger partial charge < -0.3 is 10.2 Å². The highest BCUT2D eigenvalue weighted by molar-refractivity contribution is 8.13. The largest absolute Gasteiger partial charge is 0.332 e. The van der Waals surface area contributed by atoms with E-state index in [1.165, 1.54) is 11.8 Å². The van der Waals surface area contributed by atoms with Gasteiger partial charge in [-0.15, -0.1) is 0 Å². The summed E-state index contributed by atoms with van der Waals surface area (Å²) in [5.74, 6) is 0.679. The van der Waals surface area contributed by atoms with E-state index in [1.807, 2.05) is 6.07 Å². The van der Waals surface area contributed by atoms with E-state index in [0.29, 0.717) is 17.3 Å². The number of anilines is 1. The second-order valence-corrected chi connectivity index (χ2v) is 5.33. The predicted molar refractivity (Wildman–Crippen MR) is 74.1 cm³/mol. The molecule has 4 nitrogen and oxygen atoms in total. The first kappa shape index (κ1) is 13.2. The molecule has 0 radical (unpaired) electrons. The van der Waals surface area contributed by atoms with Crippen molar-refractivity contribution in [2.45, 2.75) is 6.42 Å². The van der Waals surface area contributed by atoms with Crippen LogP contribution in [-0.4, -0.2) is 34.9 Å². The average Bonchev–Trinajstić information content (AvgIpc) is 2.75. The van der Waals surface area contributed by atoms with Crippen molar-refractivity contribution in [1.82, 2.24) is 4.90 Å². The lowest BCUT2D eigenvalue weighted by atomic mass is 10.3. The summed E-state index contributed by atoms with van der Waals surface area (Å²) in [6.45, 7) is 1.19. The van der Waals surface area contributed by atoms with Crippen molar-refractivity contribution < 1.29 is 9.59 Å². The van der Waals surface area contributed by atoms with Crippen molar-refractivity contribution in [2.24, 2.45) is 0 Å². The normalized spacial score (nSPS) is 14.9. The van der Waals surface area contributed by atoms with E-state index in [-0.39, 0.29) is 17.6 Å². The molecule has 96 valence electrons. The lowest BCUT2D eigenvalue weighted by Crippen LogP contribution is -2.27. The van der Waals surface area contributed by atoms with Crippen LogP contribution in [-0.2, 0) is 4.79 Å². The first-order chi connectivity index (χ1) is 8.66. The molecule has 0 saturated carbocycles. The number of hydrogen-bond acceptors (Lipinski definition) is 3. The summed E-state index contributed by atoms with van der Waals surface area (Å²) in [6, 6.07) is 7.08. The smallest absolute Gasteiger partial charge is 0.281 e. The molecule has 0 aromatic heterocycles. The predicted octanol–water partition coefficient (Wildman–Crippen LogP) is 2.84. The zero-order valence-electron chi connectivity index (χ0n) is 9.69. The number of nitrogens with zero attached hydrogens (tertiary/aromatic N) is 1. The first-order valence-corrected chi connectivity index (χ1v) is 6.99. The topological polar surface area (TPSA) is 49.4 Å². The second-order valence-electron chi connectivity index (χ2n) is 3.88. The van der Waals surface area contributed by atoms with Gasteiger partial charge in [-0.3, -0.25) is 9.59 Å². The molecule has 0 atom stereocenters. The van der Waals surface area contributed by atoms with Gasteiger partial charge in [-0.05, 0) is 12.1 Å². The Morgan fingerprint density at radius 2 is 2.22 bits per heavy atom. The van der Waals surface area contributed by atoms with Gasteiger partial charge in [0.1, 0.15) is 0 Å². The van der Waals surface area contributed by atoms with Gasteiger partial charge in [-0.2, -0.15) is 0 Å². The minimum atomic E-state index is -0.132. The van der Waals surface area contributed by atoms with Gasteiger partial charge in [-0.25, -0.2) is 0 Å². The highest BCUT2D eigenvalue weighted by atomic mass is 35.5. The highest BCUT2D eigenvalue weighted by Crippen LogP contribution is 2.21. The maximum absolute atomic E-state index is 11.7. The molecule has 6 heteroatoms. The molecule has 2 rings (SSSR count). The fourth-order valence-corrected chi connectivity index (χ4v) is 2.68. The number of para-hydroxylation sites is 1. The molecule has 1 N–H and O–H groups in total. The molecular weight excluding hydrogens is 272 g/mol. The maximum Gasteiger partial charge on any atom is 0.281 e.